The van der Waals surface area contributed by atoms with Gasteiger partial charge in [0.25, 0.3) is 5.56 Å². The zero-order valence-corrected chi connectivity index (χ0v) is 8.33. The summed E-state index contributed by atoms with van der Waals surface area (Å²) in [6, 6.07) is 0. The molecule has 70 valence electrons. The summed E-state index contributed by atoms with van der Waals surface area (Å²) in [7, 11) is 0. The molecule has 1 aliphatic rings. The molecule has 0 aliphatic heterocycles. The van der Waals surface area contributed by atoms with Gasteiger partial charge in [-0.05, 0) is 37.4 Å². The summed E-state index contributed by atoms with van der Waals surface area (Å²) in [5, 5.41) is 0. The van der Waals surface area contributed by atoms with Crippen LogP contribution in [0.1, 0.15) is 24.6 Å². The maximum absolute atomic E-state index is 11.5. The highest BCUT2D eigenvalue weighted by molar-refractivity contribution is 7.71. The van der Waals surface area contributed by atoms with Crippen LogP contribution in [-0.4, -0.2) is 9.97 Å². The zero-order chi connectivity index (χ0) is 9.42. The van der Waals surface area contributed by atoms with Gasteiger partial charge in [-0.15, -0.1) is 0 Å². The average Bonchev–Trinajstić information content (AvgIpc) is 2.06. The Morgan fingerprint density at radius 2 is 2.23 bits per heavy atom. The van der Waals surface area contributed by atoms with Crippen molar-refractivity contribution in [3.63, 3.8) is 0 Å². The largest absolute Gasteiger partial charge is 0.336 e. The summed E-state index contributed by atoms with van der Waals surface area (Å²) in [5.41, 5.74) is 1.92. The van der Waals surface area contributed by atoms with E-state index in [0.717, 1.165) is 30.5 Å². The van der Waals surface area contributed by atoms with Crippen LogP contribution in [0.4, 0.5) is 0 Å². The fraction of sp³-hybridized carbons (Fsp3) is 0.556. The van der Waals surface area contributed by atoms with Crippen LogP contribution in [0.5, 0.6) is 0 Å². The highest BCUT2D eigenvalue weighted by Crippen LogP contribution is 2.20. The zero-order valence-electron chi connectivity index (χ0n) is 7.52. The second kappa shape index (κ2) is 3.10. The molecular weight excluding hydrogens is 184 g/mol. The van der Waals surface area contributed by atoms with Crippen LogP contribution < -0.4 is 5.56 Å². The quantitative estimate of drug-likeness (QED) is 0.619. The predicted octanol–water partition coefficient (Wildman–Crippen LogP) is 1.56. The molecule has 0 saturated carbocycles. The first-order chi connectivity index (χ1) is 6.16. The van der Waals surface area contributed by atoms with Crippen molar-refractivity contribution < 1.29 is 0 Å². The lowest BCUT2D eigenvalue weighted by atomic mass is 9.89. The molecule has 0 bridgehead atoms. The van der Waals surface area contributed by atoms with Crippen molar-refractivity contribution in [3.8, 4) is 0 Å². The van der Waals surface area contributed by atoms with Crippen molar-refractivity contribution in [1.29, 1.82) is 0 Å². The molecule has 1 atom stereocenters. The van der Waals surface area contributed by atoms with Crippen LogP contribution in [-0.2, 0) is 12.8 Å². The van der Waals surface area contributed by atoms with Gasteiger partial charge in [-0.2, -0.15) is 0 Å². The third-order valence-electron chi connectivity index (χ3n) is 2.57. The van der Waals surface area contributed by atoms with Gasteiger partial charge < -0.3 is 4.98 Å². The minimum absolute atomic E-state index is 0.00898. The molecule has 3 nitrogen and oxygen atoms in total. The topological polar surface area (TPSA) is 48.6 Å². The molecule has 2 N–H and O–H groups in total. The molecule has 2 rings (SSSR count). The van der Waals surface area contributed by atoms with Crippen LogP contribution >= 0.6 is 12.2 Å². The number of fused-ring (bicyclic) bond motifs is 1. The summed E-state index contributed by atoms with van der Waals surface area (Å²) in [5.74, 6) is 0.609. The van der Waals surface area contributed by atoms with E-state index in [1.165, 1.54) is 0 Å². The van der Waals surface area contributed by atoms with Crippen LogP contribution in [0.15, 0.2) is 4.79 Å². The number of aromatic nitrogens is 2. The lowest BCUT2D eigenvalue weighted by Crippen LogP contribution is -2.24. The van der Waals surface area contributed by atoms with Gasteiger partial charge in [0, 0.05) is 11.3 Å². The lowest BCUT2D eigenvalue weighted by Gasteiger charge is -2.19. The SMILES string of the molecule is CC1CCc2[nH]c(=S)[nH]c(=O)c2C1. The second-order valence-corrected chi connectivity index (χ2v) is 4.12. The number of hydrogen-bond donors (Lipinski definition) is 2. The molecule has 0 saturated heterocycles. The number of H-pyrrole nitrogens is 2. The lowest BCUT2D eigenvalue weighted by molar-refractivity contribution is 0.488. The summed E-state index contributed by atoms with van der Waals surface area (Å²) >= 11 is 4.90. The Hall–Kier alpha value is -0.900. The van der Waals surface area contributed by atoms with E-state index >= 15 is 0 Å². The Morgan fingerprint density at radius 3 is 3.00 bits per heavy atom. The maximum atomic E-state index is 11.5. The van der Waals surface area contributed by atoms with Gasteiger partial charge in [-0.3, -0.25) is 9.78 Å². The Balaban J connectivity index is 2.60. The Labute approximate surface area is 81.2 Å². The Kier molecular flexibility index (Phi) is 2.07. The molecule has 4 heteroatoms. The highest BCUT2D eigenvalue weighted by atomic mass is 32.1. The molecule has 1 heterocycles. The van der Waals surface area contributed by atoms with Gasteiger partial charge >= 0.3 is 0 Å². The van der Waals surface area contributed by atoms with E-state index in [9.17, 15) is 4.79 Å². The minimum atomic E-state index is -0.00898. The Bertz CT molecular complexity index is 432. The number of nitrogens with one attached hydrogen (secondary N) is 2. The van der Waals surface area contributed by atoms with Crippen molar-refractivity contribution in [3.05, 3.63) is 26.4 Å². The fourth-order valence-electron chi connectivity index (χ4n) is 1.83. The van der Waals surface area contributed by atoms with E-state index in [1.807, 2.05) is 0 Å². The number of aryl methyl sites for hydroxylation is 1. The first kappa shape index (κ1) is 8.69. The first-order valence-corrected chi connectivity index (χ1v) is 4.92. The van der Waals surface area contributed by atoms with Gasteiger partial charge in [0.1, 0.15) is 0 Å². The van der Waals surface area contributed by atoms with Crippen LogP contribution in [0.2, 0.25) is 0 Å². The number of rotatable bonds is 0. The predicted molar refractivity (Wildman–Crippen MR) is 53.4 cm³/mol. The molecule has 0 spiro atoms. The molecule has 13 heavy (non-hydrogen) atoms. The van der Waals surface area contributed by atoms with Crippen molar-refractivity contribution in [2.75, 3.05) is 0 Å². The van der Waals surface area contributed by atoms with E-state index < -0.39 is 0 Å². The van der Waals surface area contributed by atoms with Gasteiger partial charge in [-0.1, -0.05) is 6.92 Å². The molecule has 1 aromatic rings. The van der Waals surface area contributed by atoms with E-state index in [4.69, 9.17) is 12.2 Å². The van der Waals surface area contributed by atoms with Crippen LogP contribution in [0.25, 0.3) is 0 Å². The Morgan fingerprint density at radius 1 is 1.46 bits per heavy atom. The number of aromatic amines is 2. The van der Waals surface area contributed by atoms with Crippen LogP contribution in [0, 0.1) is 10.7 Å². The van der Waals surface area contributed by atoms with Gasteiger partial charge in [0.2, 0.25) is 0 Å². The second-order valence-electron chi connectivity index (χ2n) is 3.71. The molecule has 1 aliphatic carbocycles. The van der Waals surface area contributed by atoms with E-state index in [0.29, 0.717) is 10.7 Å². The normalized spacial score (nSPS) is 21.2. The highest BCUT2D eigenvalue weighted by Gasteiger charge is 2.17. The van der Waals surface area contributed by atoms with Crippen molar-refractivity contribution in [1.82, 2.24) is 9.97 Å². The molecular formula is C9H12N2OS. The fourth-order valence-corrected chi connectivity index (χ4v) is 2.05. The van der Waals surface area contributed by atoms with Gasteiger partial charge in [0.05, 0.1) is 0 Å². The van der Waals surface area contributed by atoms with E-state index in [1.54, 1.807) is 0 Å². The average molecular weight is 196 g/mol. The van der Waals surface area contributed by atoms with Crippen molar-refractivity contribution >= 4 is 12.2 Å². The standard InChI is InChI=1S/C9H12N2OS/c1-5-2-3-7-6(4-5)8(12)11-9(13)10-7/h5H,2-4H2,1H3,(H2,10,11,12,13). The summed E-state index contributed by atoms with van der Waals surface area (Å²) in [6.45, 7) is 2.17. The van der Waals surface area contributed by atoms with E-state index in [2.05, 4.69) is 16.9 Å². The molecule has 1 unspecified atom stereocenters. The minimum Gasteiger partial charge on any atom is -0.336 e. The smallest absolute Gasteiger partial charge is 0.255 e. The third kappa shape index (κ3) is 1.58. The monoisotopic (exact) mass is 196 g/mol. The number of hydrogen-bond acceptors (Lipinski definition) is 2. The maximum Gasteiger partial charge on any atom is 0.255 e. The molecule has 0 fully saturated rings. The van der Waals surface area contributed by atoms with Crippen LogP contribution in [0.3, 0.4) is 0 Å². The summed E-state index contributed by atoms with van der Waals surface area (Å²) in [4.78, 5) is 17.2. The molecule has 0 amide bonds. The first-order valence-electron chi connectivity index (χ1n) is 4.51. The van der Waals surface area contributed by atoms with Crippen molar-refractivity contribution in [2.45, 2.75) is 26.2 Å². The molecule has 1 aromatic heterocycles. The summed E-state index contributed by atoms with van der Waals surface area (Å²) in [6.07, 6.45) is 2.96. The summed E-state index contributed by atoms with van der Waals surface area (Å²) < 4.78 is 0.443. The van der Waals surface area contributed by atoms with Gasteiger partial charge in [-0.25, -0.2) is 0 Å². The van der Waals surface area contributed by atoms with E-state index in [-0.39, 0.29) is 5.56 Å². The molecule has 0 aromatic carbocycles. The molecule has 0 radical (unpaired) electrons. The van der Waals surface area contributed by atoms with Crippen molar-refractivity contribution in [2.24, 2.45) is 5.92 Å². The van der Waals surface area contributed by atoms with Gasteiger partial charge in [0.15, 0.2) is 4.77 Å². The third-order valence-corrected chi connectivity index (χ3v) is 2.77.